The summed E-state index contributed by atoms with van der Waals surface area (Å²) in [7, 11) is -3.17. The van der Waals surface area contributed by atoms with Crippen molar-refractivity contribution in [1.29, 1.82) is 0 Å². The molecule has 1 fully saturated rings. The molecule has 2 aromatic rings. The van der Waals surface area contributed by atoms with Gasteiger partial charge in [0.1, 0.15) is 17.0 Å². The molecule has 0 bridgehead atoms. The first-order valence-corrected chi connectivity index (χ1v) is 15.2. The molecule has 2 heterocycles. The number of carbonyl (C=O) groups is 2. The number of thioether (sulfide) groups is 1. The number of rotatable bonds is 5. The summed E-state index contributed by atoms with van der Waals surface area (Å²) in [6, 6.07) is 6.18. The molecular weight excluding hydrogens is 536 g/mol. The van der Waals surface area contributed by atoms with E-state index in [2.05, 4.69) is 19.6 Å². The molecule has 1 N–H and O–H groups in total. The van der Waals surface area contributed by atoms with E-state index in [0.29, 0.717) is 28.9 Å². The first-order valence-electron chi connectivity index (χ1n) is 12.0. The molecular formula is C25H33F2N5O4S2. The van der Waals surface area contributed by atoms with Crippen molar-refractivity contribution in [2.24, 2.45) is 4.36 Å². The summed E-state index contributed by atoms with van der Waals surface area (Å²) in [5.41, 5.74) is 0.0963. The molecule has 3 rings (SSSR count). The quantitative estimate of drug-likeness (QED) is 0.356. The molecule has 0 unspecified atom stereocenters. The fourth-order valence-corrected chi connectivity index (χ4v) is 5.38. The number of carbonyl (C=O) groups excluding carboxylic acids is 2. The summed E-state index contributed by atoms with van der Waals surface area (Å²) in [5, 5.41) is 3.20. The average Bonchev–Trinajstić information content (AvgIpc) is 2.97. The Morgan fingerprint density at radius 1 is 1.21 bits per heavy atom. The van der Waals surface area contributed by atoms with E-state index in [1.807, 2.05) is 0 Å². The number of hydrogen-bond acceptors (Lipinski definition) is 8. The minimum absolute atomic E-state index is 0.0527. The molecule has 2 amide bonds. The van der Waals surface area contributed by atoms with E-state index in [9.17, 15) is 22.6 Å². The van der Waals surface area contributed by atoms with E-state index in [1.165, 1.54) is 30.2 Å². The molecule has 0 radical (unpaired) electrons. The molecule has 1 aromatic heterocycles. The van der Waals surface area contributed by atoms with E-state index in [4.69, 9.17) is 4.74 Å². The lowest BCUT2D eigenvalue weighted by Gasteiger charge is -2.25. The van der Waals surface area contributed by atoms with E-state index in [0.717, 1.165) is 0 Å². The van der Waals surface area contributed by atoms with Crippen LogP contribution in [0.25, 0.3) is 0 Å². The average molecular weight is 570 g/mol. The first-order chi connectivity index (χ1) is 17.6. The van der Waals surface area contributed by atoms with Crippen LogP contribution in [-0.2, 0) is 14.5 Å². The number of aryl methyl sites for hydroxylation is 1. The zero-order valence-corrected chi connectivity index (χ0v) is 24.0. The van der Waals surface area contributed by atoms with Crippen LogP contribution in [0.5, 0.6) is 0 Å². The Labute approximate surface area is 226 Å². The smallest absolute Gasteiger partial charge is 0.442 e. The van der Waals surface area contributed by atoms with Gasteiger partial charge in [0.2, 0.25) is 5.92 Å². The highest BCUT2D eigenvalue weighted by Crippen LogP contribution is 2.32. The second-order valence-corrected chi connectivity index (χ2v) is 13.1. The Morgan fingerprint density at radius 2 is 1.92 bits per heavy atom. The number of anilines is 2. The van der Waals surface area contributed by atoms with Crippen molar-refractivity contribution in [3.8, 4) is 0 Å². The highest BCUT2D eigenvalue weighted by atomic mass is 32.2. The number of benzene rings is 1. The van der Waals surface area contributed by atoms with Crippen LogP contribution in [0.2, 0.25) is 0 Å². The van der Waals surface area contributed by atoms with Crippen LogP contribution in [0, 0.1) is 6.92 Å². The van der Waals surface area contributed by atoms with Crippen LogP contribution in [0.1, 0.15) is 56.1 Å². The van der Waals surface area contributed by atoms with Crippen molar-refractivity contribution in [3.05, 3.63) is 35.5 Å². The lowest BCUT2D eigenvalue weighted by atomic mass is 10.1. The van der Waals surface area contributed by atoms with E-state index < -0.39 is 33.3 Å². The van der Waals surface area contributed by atoms with Gasteiger partial charge in [-0.25, -0.2) is 27.8 Å². The molecule has 0 saturated carbocycles. The molecule has 9 nitrogen and oxygen atoms in total. The number of nitrogens with one attached hydrogen (secondary N) is 1. The van der Waals surface area contributed by atoms with Crippen LogP contribution in [0.15, 0.2) is 38.7 Å². The van der Waals surface area contributed by atoms with Gasteiger partial charge in [-0.05, 0) is 58.6 Å². The Bertz CT molecular complexity index is 1340. The number of aromatic nitrogens is 2. The molecule has 0 spiro atoms. The topological polar surface area (TPSA) is 114 Å². The molecule has 1 aromatic carbocycles. The SMILES string of the molecule is CSc1nc(C)c(C(=O)Nc2cccc([S@@](C)(=O)=NC(=O)OC(C)(C)C)c2)c(N2CCCC(F)(F)CC2)n1. The van der Waals surface area contributed by atoms with Gasteiger partial charge < -0.3 is 15.0 Å². The summed E-state index contributed by atoms with van der Waals surface area (Å²) in [4.78, 5) is 36.4. The van der Waals surface area contributed by atoms with Crippen molar-refractivity contribution < 1.29 is 27.3 Å². The Balaban J connectivity index is 1.93. The van der Waals surface area contributed by atoms with Gasteiger partial charge in [0.05, 0.1) is 15.4 Å². The third kappa shape index (κ3) is 7.85. The summed E-state index contributed by atoms with van der Waals surface area (Å²) >= 11 is 1.29. The molecule has 208 valence electrons. The lowest BCUT2D eigenvalue weighted by molar-refractivity contribution is -0.0102. The van der Waals surface area contributed by atoms with Crippen molar-refractivity contribution in [2.75, 3.05) is 35.8 Å². The molecule has 13 heteroatoms. The van der Waals surface area contributed by atoms with Crippen LogP contribution >= 0.6 is 11.8 Å². The predicted octanol–water partition coefficient (Wildman–Crippen LogP) is 5.78. The molecule has 1 atom stereocenters. The fourth-order valence-electron chi connectivity index (χ4n) is 3.87. The zero-order chi connectivity index (χ0) is 28.3. The Kier molecular flexibility index (Phi) is 9.02. The zero-order valence-electron chi connectivity index (χ0n) is 22.3. The number of alkyl halides is 2. The number of halogens is 2. The van der Waals surface area contributed by atoms with E-state index >= 15 is 0 Å². The minimum atomic E-state index is -3.17. The van der Waals surface area contributed by atoms with E-state index in [1.54, 1.807) is 51.0 Å². The normalized spacial score (nSPS) is 17.2. The molecule has 38 heavy (non-hydrogen) atoms. The van der Waals surface area contributed by atoms with Gasteiger partial charge in [-0.2, -0.15) is 0 Å². The highest BCUT2D eigenvalue weighted by molar-refractivity contribution is 7.98. The number of amides is 2. The monoisotopic (exact) mass is 569 g/mol. The summed E-state index contributed by atoms with van der Waals surface area (Å²) in [5.74, 6) is -3.00. The Morgan fingerprint density at radius 3 is 2.58 bits per heavy atom. The summed E-state index contributed by atoms with van der Waals surface area (Å²) in [6.45, 7) is 7.09. The van der Waals surface area contributed by atoms with Crippen LogP contribution in [0.4, 0.5) is 25.1 Å². The lowest BCUT2D eigenvalue weighted by Crippen LogP contribution is -2.30. The van der Waals surface area contributed by atoms with Crippen LogP contribution in [0.3, 0.4) is 0 Å². The minimum Gasteiger partial charge on any atom is -0.442 e. The Hall–Kier alpha value is -2.80. The third-order valence-electron chi connectivity index (χ3n) is 5.65. The standard InChI is InChI=1S/C25H33F2N5O4S2/c1-16-19(20(30-22(28-16)37-5)32-13-8-11-25(26,27)12-14-32)21(33)29-17-9-7-10-18(15-17)38(6,35)31-23(34)36-24(2,3)4/h7,9-10,15H,8,11-14H2,1-6H3,(H,29,33)/t38-/m1/s1. The van der Waals surface area contributed by atoms with Crippen LogP contribution in [-0.4, -0.2) is 63.3 Å². The summed E-state index contributed by atoms with van der Waals surface area (Å²) < 4.78 is 50.1. The van der Waals surface area contributed by atoms with Gasteiger partial charge in [0.25, 0.3) is 5.91 Å². The van der Waals surface area contributed by atoms with Crippen LogP contribution < -0.4 is 10.2 Å². The largest absolute Gasteiger partial charge is 0.442 e. The van der Waals surface area contributed by atoms with Crippen molar-refractivity contribution in [1.82, 2.24) is 9.97 Å². The third-order valence-corrected chi connectivity index (χ3v) is 7.82. The molecule has 1 aliphatic rings. The maximum absolute atomic E-state index is 14.0. The van der Waals surface area contributed by atoms with Crippen molar-refractivity contribution in [3.63, 3.8) is 0 Å². The number of nitrogens with zero attached hydrogens (tertiary/aromatic N) is 4. The van der Waals surface area contributed by atoms with Crippen molar-refractivity contribution >= 4 is 45.0 Å². The van der Waals surface area contributed by atoms with Gasteiger partial charge in [-0.3, -0.25) is 4.79 Å². The maximum atomic E-state index is 14.0. The fraction of sp³-hybridized carbons (Fsp3) is 0.520. The molecule has 1 saturated heterocycles. The second-order valence-electron chi connectivity index (χ2n) is 10.0. The number of hydrogen-bond donors (Lipinski definition) is 1. The van der Waals surface area contributed by atoms with Gasteiger partial charge in [0, 0.05) is 42.8 Å². The van der Waals surface area contributed by atoms with Gasteiger partial charge >= 0.3 is 6.09 Å². The molecule has 1 aliphatic heterocycles. The molecule has 0 aliphatic carbocycles. The van der Waals surface area contributed by atoms with Crippen molar-refractivity contribution in [2.45, 2.75) is 68.5 Å². The second kappa shape index (κ2) is 11.5. The van der Waals surface area contributed by atoms with Gasteiger partial charge in [0.15, 0.2) is 5.16 Å². The number of ether oxygens (including phenoxy) is 1. The van der Waals surface area contributed by atoms with E-state index in [-0.39, 0.29) is 36.3 Å². The predicted molar refractivity (Wildman–Crippen MR) is 145 cm³/mol. The highest BCUT2D eigenvalue weighted by Gasteiger charge is 2.34. The van der Waals surface area contributed by atoms with Gasteiger partial charge in [-0.15, -0.1) is 4.36 Å². The maximum Gasteiger partial charge on any atom is 0.442 e. The summed E-state index contributed by atoms with van der Waals surface area (Å²) in [6.07, 6.45) is 1.87. The first kappa shape index (κ1) is 29.8. The van der Waals surface area contributed by atoms with Gasteiger partial charge in [-0.1, -0.05) is 17.8 Å².